The first kappa shape index (κ1) is 17.9. The maximum absolute atomic E-state index is 11.8. The molecule has 6 N–H and O–H groups in total. The van der Waals surface area contributed by atoms with Crippen molar-refractivity contribution in [3.63, 3.8) is 0 Å². The van der Waals surface area contributed by atoms with Crippen LogP contribution in [0.3, 0.4) is 0 Å². The summed E-state index contributed by atoms with van der Waals surface area (Å²) in [6, 6.07) is 7.73. The zero-order valence-electron chi connectivity index (χ0n) is 15.1. The van der Waals surface area contributed by atoms with Gasteiger partial charge in [-0.2, -0.15) is 20.0 Å². The Morgan fingerprint density at radius 3 is 2.79 bits per heavy atom. The van der Waals surface area contributed by atoms with Crippen molar-refractivity contribution < 1.29 is 4.79 Å². The number of nitrogens with one attached hydrogen (secondary N) is 2. The summed E-state index contributed by atoms with van der Waals surface area (Å²) < 4.78 is 0. The Bertz CT molecular complexity index is 973. The summed E-state index contributed by atoms with van der Waals surface area (Å²) in [7, 11) is 0. The van der Waals surface area contributed by atoms with Crippen molar-refractivity contribution >= 4 is 23.4 Å². The van der Waals surface area contributed by atoms with E-state index < -0.39 is 5.91 Å². The van der Waals surface area contributed by atoms with Crippen LogP contribution in [-0.2, 0) is 0 Å². The van der Waals surface area contributed by atoms with Gasteiger partial charge in [-0.1, -0.05) is 6.07 Å². The lowest BCUT2D eigenvalue weighted by molar-refractivity contribution is 0.100. The first-order chi connectivity index (χ1) is 13.6. The molecule has 28 heavy (non-hydrogen) atoms. The first-order valence-electron chi connectivity index (χ1n) is 9.00. The monoisotopic (exact) mass is 379 g/mol. The minimum absolute atomic E-state index is 0.206. The standard InChI is InChI=1S/C18H21N9O/c19-15-8-11(15)4-5-21-18-22-10-14(16(20)28)17(26-18)25-12-2-1-3-13(9-12)27-23-6-7-24-27/h1-3,6-7,9-11,15H,4-5,8,19H2,(H2,20,28)(H2,21,22,25,26). The van der Waals surface area contributed by atoms with Crippen molar-refractivity contribution in [3.05, 3.63) is 48.4 Å². The number of carbonyl (C=O) groups excluding carboxylic acids is 1. The molecule has 1 amide bonds. The zero-order chi connectivity index (χ0) is 19.5. The van der Waals surface area contributed by atoms with E-state index in [4.69, 9.17) is 11.5 Å². The number of carbonyl (C=O) groups is 1. The van der Waals surface area contributed by atoms with Crippen LogP contribution >= 0.6 is 0 Å². The number of primary amides is 1. The Morgan fingerprint density at radius 1 is 1.29 bits per heavy atom. The quantitative estimate of drug-likeness (QED) is 0.453. The van der Waals surface area contributed by atoms with Crippen molar-refractivity contribution in [1.82, 2.24) is 25.0 Å². The molecule has 144 valence electrons. The zero-order valence-corrected chi connectivity index (χ0v) is 15.1. The van der Waals surface area contributed by atoms with E-state index in [0.717, 1.165) is 18.5 Å². The van der Waals surface area contributed by atoms with Crippen LogP contribution in [-0.4, -0.2) is 43.5 Å². The second kappa shape index (κ2) is 7.61. The number of rotatable bonds is 8. The number of amides is 1. The van der Waals surface area contributed by atoms with E-state index in [1.807, 2.05) is 24.3 Å². The van der Waals surface area contributed by atoms with Crippen molar-refractivity contribution in [3.8, 4) is 5.69 Å². The molecule has 10 nitrogen and oxygen atoms in total. The smallest absolute Gasteiger partial charge is 0.254 e. The molecular weight excluding hydrogens is 358 g/mol. The third-order valence-electron chi connectivity index (χ3n) is 4.59. The van der Waals surface area contributed by atoms with Gasteiger partial charge in [0.25, 0.3) is 5.91 Å². The molecule has 2 atom stereocenters. The minimum atomic E-state index is -0.608. The normalized spacial score (nSPS) is 17.9. The van der Waals surface area contributed by atoms with E-state index >= 15 is 0 Å². The van der Waals surface area contributed by atoms with Gasteiger partial charge in [0.15, 0.2) is 0 Å². The molecule has 0 bridgehead atoms. The summed E-state index contributed by atoms with van der Waals surface area (Å²) in [5.41, 5.74) is 13.0. The lowest BCUT2D eigenvalue weighted by Gasteiger charge is -2.12. The molecule has 1 aliphatic rings. The van der Waals surface area contributed by atoms with Crippen LogP contribution in [0, 0.1) is 5.92 Å². The number of hydrogen-bond donors (Lipinski definition) is 4. The highest BCUT2D eigenvalue weighted by Crippen LogP contribution is 2.31. The molecule has 0 aliphatic heterocycles. The van der Waals surface area contributed by atoms with Crippen molar-refractivity contribution in [2.24, 2.45) is 17.4 Å². The summed E-state index contributed by atoms with van der Waals surface area (Å²) >= 11 is 0. The molecule has 4 rings (SSSR count). The molecule has 3 aromatic rings. The van der Waals surface area contributed by atoms with Crippen LogP contribution in [0.4, 0.5) is 17.5 Å². The Hall–Kier alpha value is -3.53. The average Bonchev–Trinajstić information content (AvgIpc) is 3.15. The predicted octanol–water partition coefficient (Wildman–Crippen LogP) is 1.05. The Labute approximate surface area is 161 Å². The van der Waals surface area contributed by atoms with Crippen molar-refractivity contribution in [2.45, 2.75) is 18.9 Å². The highest BCUT2D eigenvalue weighted by Gasteiger charge is 2.32. The molecule has 0 saturated heterocycles. The van der Waals surface area contributed by atoms with Crippen LogP contribution in [0.1, 0.15) is 23.2 Å². The number of aromatic nitrogens is 5. The minimum Gasteiger partial charge on any atom is -0.365 e. The molecule has 1 aromatic carbocycles. The fourth-order valence-corrected chi connectivity index (χ4v) is 2.91. The topological polar surface area (TPSA) is 150 Å². The van der Waals surface area contributed by atoms with Crippen LogP contribution in [0.15, 0.2) is 42.9 Å². The number of nitrogens with two attached hydrogens (primary N) is 2. The fraction of sp³-hybridized carbons (Fsp3) is 0.278. The van der Waals surface area contributed by atoms with E-state index in [-0.39, 0.29) is 5.56 Å². The molecule has 1 saturated carbocycles. The van der Waals surface area contributed by atoms with Gasteiger partial charge < -0.3 is 22.1 Å². The van der Waals surface area contributed by atoms with Crippen LogP contribution < -0.4 is 22.1 Å². The number of nitrogens with zero attached hydrogens (tertiary/aromatic N) is 5. The highest BCUT2D eigenvalue weighted by atomic mass is 16.1. The fourth-order valence-electron chi connectivity index (χ4n) is 2.91. The van der Waals surface area contributed by atoms with E-state index in [0.29, 0.717) is 36.0 Å². The van der Waals surface area contributed by atoms with Gasteiger partial charge in [-0.15, -0.1) is 0 Å². The lowest BCUT2D eigenvalue weighted by Crippen LogP contribution is -2.17. The summed E-state index contributed by atoms with van der Waals surface area (Å²) in [4.78, 5) is 21.9. The lowest BCUT2D eigenvalue weighted by atomic mass is 10.2. The number of benzene rings is 1. The second-order valence-electron chi connectivity index (χ2n) is 6.69. The molecule has 1 aliphatic carbocycles. The summed E-state index contributed by atoms with van der Waals surface area (Å²) in [6.07, 6.45) is 6.65. The molecule has 0 spiro atoms. The maximum atomic E-state index is 11.8. The van der Waals surface area contributed by atoms with E-state index in [2.05, 4.69) is 30.8 Å². The summed E-state index contributed by atoms with van der Waals surface area (Å²) in [5.74, 6) is 0.710. The highest BCUT2D eigenvalue weighted by molar-refractivity contribution is 5.98. The third kappa shape index (κ3) is 4.07. The first-order valence-corrected chi connectivity index (χ1v) is 9.00. The van der Waals surface area contributed by atoms with Crippen LogP contribution in [0.5, 0.6) is 0 Å². The summed E-state index contributed by atoms with van der Waals surface area (Å²) in [5, 5.41) is 14.5. The van der Waals surface area contributed by atoms with Gasteiger partial charge >= 0.3 is 0 Å². The van der Waals surface area contributed by atoms with Crippen molar-refractivity contribution in [2.75, 3.05) is 17.2 Å². The predicted molar refractivity (Wildman–Crippen MR) is 104 cm³/mol. The maximum Gasteiger partial charge on any atom is 0.254 e. The molecule has 1 fully saturated rings. The van der Waals surface area contributed by atoms with Gasteiger partial charge in [0.2, 0.25) is 5.95 Å². The Balaban J connectivity index is 1.52. The van der Waals surface area contributed by atoms with Crippen molar-refractivity contribution in [1.29, 1.82) is 0 Å². The van der Waals surface area contributed by atoms with Gasteiger partial charge in [0, 0.05) is 24.5 Å². The van der Waals surface area contributed by atoms with Crippen LogP contribution in [0.25, 0.3) is 5.69 Å². The molecule has 0 radical (unpaired) electrons. The molecule has 10 heteroatoms. The molecular formula is C18H21N9O. The molecule has 2 unspecified atom stereocenters. The number of anilines is 3. The SMILES string of the molecule is NC(=O)c1cnc(NCCC2CC2N)nc1Nc1cccc(-n2nccn2)c1. The average molecular weight is 379 g/mol. The molecule has 2 heterocycles. The van der Waals surface area contributed by atoms with Crippen LogP contribution in [0.2, 0.25) is 0 Å². The number of hydrogen-bond acceptors (Lipinski definition) is 8. The van der Waals surface area contributed by atoms with E-state index in [1.165, 1.54) is 11.0 Å². The van der Waals surface area contributed by atoms with Gasteiger partial charge in [0.05, 0.1) is 18.1 Å². The van der Waals surface area contributed by atoms with E-state index in [9.17, 15) is 4.79 Å². The van der Waals surface area contributed by atoms with Gasteiger partial charge in [-0.05, 0) is 37.0 Å². The largest absolute Gasteiger partial charge is 0.365 e. The van der Waals surface area contributed by atoms with Gasteiger partial charge in [0.1, 0.15) is 11.4 Å². The van der Waals surface area contributed by atoms with E-state index in [1.54, 1.807) is 12.4 Å². The second-order valence-corrected chi connectivity index (χ2v) is 6.69. The Morgan fingerprint density at radius 2 is 2.07 bits per heavy atom. The molecule has 2 aromatic heterocycles. The third-order valence-corrected chi connectivity index (χ3v) is 4.59. The summed E-state index contributed by atoms with van der Waals surface area (Å²) in [6.45, 7) is 0.716. The van der Waals surface area contributed by atoms with Gasteiger partial charge in [-0.3, -0.25) is 4.79 Å². The van der Waals surface area contributed by atoms with Gasteiger partial charge in [-0.25, -0.2) is 4.98 Å². The Kier molecular flexibility index (Phi) is 4.85.